The van der Waals surface area contributed by atoms with Crippen LogP contribution in [0.2, 0.25) is 0 Å². The highest BCUT2D eigenvalue weighted by atomic mass is 19.1. The van der Waals surface area contributed by atoms with Crippen LogP contribution in [0, 0.1) is 5.82 Å². The summed E-state index contributed by atoms with van der Waals surface area (Å²) in [6.07, 6.45) is 4.20. The average molecular weight is 466 g/mol. The molecule has 3 heterocycles. The van der Waals surface area contributed by atoms with Gasteiger partial charge in [-0.05, 0) is 36.4 Å². The van der Waals surface area contributed by atoms with E-state index < -0.39 is 18.2 Å². The minimum Gasteiger partial charge on any atom is -0.458 e. The first kappa shape index (κ1) is 23.6. The van der Waals surface area contributed by atoms with E-state index in [1.165, 1.54) is 12.1 Å². The van der Waals surface area contributed by atoms with Gasteiger partial charge in [-0.15, -0.1) is 0 Å². The van der Waals surface area contributed by atoms with Gasteiger partial charge >= 0.3 is 5.97 Å². The second kappa shape index (κ2) is 9.34. The maximum absolute atomic E-state index is 13.7. The van der Waals surface area contributed by atoms with Gasteiger partial charge in [-0.25, -0.2) is 19.3 Å². The molecule has 2 atom stereocenters. The molecule has 1 aromatic carbocycles. The Morgan fingerprint density at radius 3 is 2.59 bits per heavy atom. The zero-order valence-electron chi connectivity index (χ0n) is 19.6. The fourth-order valence-corrected chi connectivity index (χ4v) is 3.89. The molecule has 0 saturated carbocycles. The first-order valence-electron chi connectivity index (χ1n) is 11.1. The first-order chi connectivity index (χ1) is 16.2. The lowest BCUT2D eigenvalue weighted by atomic mass is 9.95. The van der Waals surface area contributed by atoms with Gasteiger partial charge in [0.1, 0.15) is 23.4 Å². The molecule has 0 radical (unpaired) electrons. The molecule has 9 heteroatoms. The van der Waals surface area contributed by atoms with Crippen molar-refractivity contribution < 1.29 is 19.0 Å². The van der Waals surface area contributed by atoms with Crippen LogP contribution in [-0.4, -0.2) is 49.9 Å². The zero-order valence-corrected chi connectivity index (χ0v) is 19.6. The van der Waals surface area contributed by atoms with Crippen LogP contribution in [-0.2, 0) is 14.9 Å². The van der Waals surface area contributed by atoms with Gasteiger partial charge in [0.25, 0.3) is 0 Å². The topological polar surface area (TPSA) is 102 Å². The molecule has 1 aliphatic heterocycles. The van der Waals surface area contributed by atoms with Crippen molar-refractivity contribution in [3.8, 4) is 22.6 Å². The van der Waals surface area contributed by atoms with Crippen molar-refractivity contribution >= 4 is 18.1 Å². The summed E-state index contributed by atoms with van der Waals surface area (Å²) in [7, 11) is 1.74. The fraction of sp³-hybridized carbons (Fsp3) is 0.360. The molecule has 8 nitrogen and oxygen atoms in total. The Hall–Kier alpha value is -3.59. The normalized spacial score (nSPS) is 18.8. The van der Waals surface area contributed by atoms with Crippen molar-refractivity contribution in [3.63, 3.8) is 0 Å². The van der Waals surface area contributed by atoms with E-state index in [1.807, 2.05) is 25.3 Å². The summed E-state index contributed by atoms with van der Waals surface area (Å²) in [5.74, 6) is 0.416. The standard InChI is InChI=1S/C25H28FN5O3/c1-25(2,3)23-30-21(19-9-11-28-24(27-4)29-19)22(15-5-7-16(26)8-6-15)31(23)12-10-18-13-17(32)14-20(33)34-18/h5-12,17-18,32H,13-14H2,1-4H3,(H,27,28,29)/b12-10+/t17-,18+/m1/s1. The molecule has 2 N–H and O–H groups in total. The predicted octanol–water partition coefficient (Wildman–Crippen LogP) is 4.02. The Morgan fingerprint density at radius 1 is 1.21 bits per heavy atom. The second-order valence-corrected chi connectivity index (χ2v) is 9.24. The number of aliphatic hydroxyl groups excluding tert-OH is 1. The third kappa shape index (κ3) is 4.99. The third-order valence-electron chi connectivity index (χ3n) is 5.46. The highest BCUT2D eigenvalue weighted by Crippen LogP contribution is 2.36. The summed E-state index contributed by atoms with van der Waals surface area (Å²) >= 11 is 0. The van der Waals surface area contributed by atoms with Gasteiger partial charge < -0.3 is 19.7 Å². The van der Waals surface area contributed by atoms with Gasteiger partial charge in [-0.2, -0.15) is 0 Å². The summed E-state index contributed by atoms with van der Waals surface area (Å²) in [6, 6.07) is 7.95. The number of aromatic nitrogens is 4. The number of rotatable bonds is 5. The minimum absolute atomic E-state index is 0.00482. The lowest BCUT2D eigenvalue weighted by Crippen LogP contribution is -2.31. The average Bonchev–Trinajstić information content (AvgIpc) is 3.18. The van der Waals surface area contributed by atoms with Gasteiger partial charge in [0, 0.05) is 36.8 Å². The molecule has 34 heavy (non-hydrogen) atoms. The number of benzene rings is 1. The largest absolute Gasteiger partial charge is 0.458 e. The van der Waals surface area contributed by atoms with Crippen LogP contribution >= 0.6 is 0 Å². The molecule has 2 aromatic heterocycles. The molecule has 1 fully saturated rings. The quantitative estimate of drug-likeness (QED) is 0.549. The molecule has 0 bridgehead atoms. The lowest BCUT2D eigenvalue weighted by molar-refractivity contribution is -0.156. The number of carbonyl (C=O) groups is 1. The molecular weight excluding hydrogens is 437 g/mol. The van der Waals surface area contributed by atoms with Crippen LogP contribution in [0.4, 0.5) is 10.3 Å². The molecule has 3 aromatic rings. The number of halogens is 1. The van der Waals surface area contributed by atoms with Crippen molar-refractivity contribution in [2.45, 2.75) is 51.2 Å². The summed E-state index contributed by atoms with van der Waals surface area (Å²) in [5.41, 5.74) is 2.31. The number of ether oxygens (including phenoxy) is 1. The van der Waals surface area contributed by atoms with E-state index in [1.54, 1.807) is 43.7 Å². The summed E-state index contributed by atoms with van der Waals surface area (Å²) in [4.78, 5) is 25.5. The zero-order chi connectivity index (χ0) is 24.5. The summed E-state index contributed by atoms with van der Waals surface area (Å²) < 4.78 is 21.1. The van der Waals surface area contributed by atoms with Gasteiger partial charge in [-0.3, -0.25) is 4.79 Å². The molecule has 1 saturated heterocycles. The molecular formula is C25H28FN5O3. The number of hydrogen-bond acceptors (Lipinski definition) is 7. The maximum Gasteiger partial charge on any atom is 0.309 e. The summed E-state index contributed by atoms with van der Waals surface area (Å²) in [5, 5.41) is 12.9. The van der Waals surface area contributed by atoms with Crippen molar-refractivity contribution in [1.29, 1.82) is 0 Å². The van der Waals surface area contributed by atoms with Crippen LogP contribution in [0.25, 0.3) is 28.8 Å². The molecule has 0 amide bonds. The Labute approximate surface area is 197 Å². The van der Waals surface area contributed by atoms with Crippen LogP contribution < -0.4 is 5.32 Å². The van der Waals surface area contributed by atoms with Crippen molar-refractivity contribution in [3.05, 3.63) is 54.2 Å². The Morgan fingerprint density at radius 2 is 1.94 bits per heavy atom. The van der Waals surface area contributed by atoms with E-state index in [9.17, 15) is 14.3 Å². The number of carbonyl (C=O) groups excluding carboxylic acids is 1. The van der Waals surface area contributed by atoms with Gasteiger partial charge in [-0.1, -0.05) is 20.8 Å². The number of esters is 1. The maximum atomic E-state index is 13.7. The van der Waals surface area contributed by atoms with Crippen LogP contribution in [0.15, 0.2) is 42.6 Å². The van der Waals surface area contributed by atoms with E-state index in [0.717, 1.165) is 11.4 Å². The molecule has 1 aliphatic rings. The van der Waals surface area contributed by atoms with Crippen LogP contribution in [0.3, 0.4) is 0 Å². The number of nitrogens with zero attached hydrogens (tertiary/aromatic N) is 4. The van der Waals surface area contributed by atoms with Gasteiger partial charge in [0.05, 0.1) is 23.9 Å². The first-order valence-corrected chi connectivity index (χ1v) is 11.1. The number of nitrogens with one attached hydrogen (secondary N) is 1. The van der Waals surface area contributed by atoms with Crippen molar-refractivity contribution in [2.75, 3.05) is 12.4 Å². The molecule has 0 aliphatic carbocycles. The van der Waals surface area contributed by atoms with E-state index in [2.05, 4.69) is 15.3 Å². The number of aliphatic hydroxyl groups is 1. The van der Waals surface area contributed by atoms with E-state index in [4.69, 9.17) is 9.72 Å². The highest BCUT2D eigenvalue weighted by Gasteiger charge is 2.29. The van der Waals surface area contributed by atoms with E-state index >= 15 is 0 Å². The fourth-order valence-electron chi connectivity index (χ4n) is 3.89. The third-order valence-corrected chi connectivity index (χ3v) is 5.46. The number of imidazole rings is 1. The number of anilines is 1. The van der Waals surface area contributed by atoms with Crippen LogP contribution in [0.1, 0.15) is 39.4 Å². The molecule has 0 unspecified atom stereocenters. The summed E-state index contributed by atoms with van der Waals surface area (Å²) in [6.45, 7) is 6.13. The smallest absolute Gasteiger partial charge is 0.309 e. The molecule has 0 spiro atoms. The molecule has 4 rings (SSSR count). The monoisotopic (exact) mass is 465 g/mol. The lowest BCUT2D eigenvalue weighted by Gasteiger charge is -2.24. The second-order valence-electron chi connectivity index (χ2n) is 9.24. The number of cyclic esters (lactones) is 1. The van der Waals surface area contributed by atoms with Crippen molar-refractivity contribution in [1.82, 2.24) is 19.5 Å². The Kier molecular flexibility index (Phi) is 6.47. The van der Waals surface area contributed by atoms with Gasteiger partial charge in [0.2, 0.25) is 5.95 Å². The number of hydrogen-bond donors (Lipinski definition) is 2. The highest BCUT2D eigenvalue weighted by molar-refractivity contribution is 5.79. The van der Waals surface area contributed by atoms with Crippen molar-refractivity contribution in [2.24, 2.45) is 0 Å². The SMILES string of the molecule is CNc1nccc(-c2nc(C(C)(C)C)n(/C=C/[C@H]3C[C@@H](O)CC(=O)O3)c2-c2ccc(F)cc2)n1. The van der Waals surface area contributed by atoms with E-state index in [0.29, 0.717) is 29.5 Å². The van der Waals surface area contributed by atoms with Gasteiger partial charge in [0.15, 0.2) is 0 Å². The van der Waals surface area contributed by atoms with E-state index in [-0.39, 0.29) is 17.7 Å². The Balaban J connectivity index is 1.92. The minimum atomic E-state index is -0.742. The predicted molar refractivity (Wildman–Crippen MR) is 127 cm³/mol. The molecule has 178 valence electrons. The van der Waals surface area contributed by atoms with Crippen LogP contribution in [0.5, 0.6) is 0 Å². The Bertz CT molecular complexity index is 1210.